The summed E-state index contributed by atoms with van der Waals surface area (Å²) in [5.74, 6) is 0. The van der Waals surface area contributed by atoms with Gasteiger partial charge in [0.05, 0.1) is 0 Å². The highest BCUT2D eigenvalue weighted by atomic mass is 35.5. The van der Waals surface area contributed by atoms with Gasteiger partial charge in [-0.05, 0) is 42.1 Å². The van der Waals surface area contributed by atoms with E-state index >= 15 is 0 Å². The van der Waals surface area contributed by atoms with Crippen LogP contribution in [0.5, 0.6) is 0 Å². The first-order valence-electron chi connectivity index (χ1n) is 5.72. The van der Waals surface area contributed by atoms with Gasteiger partial charge in [0.2, 0.25) is 0 Å². The maximum absolute atomic E-state index is 5.99. The molecule has 0 atom stereocenters. The summed E-state index contributed by atoms with van der Waals surface area (Å²) in [6, 6.07) is 5.80. The molecule has 0 aromatic heterocycles. The van der Waals surface area contributed by atoms with Gasteiger partial charge in [-0.25, -0.2) is 0 Å². The summed E-state index contributed by atoms with van der Waals surface area (Å²) in [7, 11) is 0. The minimum atomic E-state index is 0.449. The fourth-order valence-electron chi connectivity index (χ4n) is 2.38. The van der Waals surface area contributed by atoms with Gasteiger partial charge in [-0.2, -0.15) is 0 Å². The summed E-state index contributed by atoms with van der Waals surface area (Å²) >= 11 is 5.99. The van der Waals surface area contributed by atoms with E-state index in [0.717, 1.165) is 23.8 Å². The van der Waals surface area contributed by atoms with Crippen molar-refractivity contribution in [2.24, 2.45) is 5.41 Å². The average Bonchev–Trinajstić information content (AvgIpc) is 2.43. The molecule has 0 unspecified atom stereocenters. The Morgan fingerprint density at radius 1 is 1.38 bits per heavy atom. The minimum absolute atomic E-state index is 0.449. The zero-order valence-electron chi connectivity index (χ0n) is 9.96. The molecule has 1 saturated heterocycles. The van der Waals surface area contributed by atoms with Crippen LogP contribution in [0.3, 0.4) is 0 Å². The fraction of sp³-hybridized carbons (Fsp3) is 0.538. The van der Waals surface area contributed by atoms with Gasteiger partial charge in [0.25, 0.3) is 0 Å². The van der Waals surface area contributed by atoms with Crippen molar-refractivity contribution in [3.8, 4) is 0 Å². The van der Waals surface area contributed by atoms with Crippen molar-refractivity contribution in [1.29, 1.82) is 0 Å². The number of nitrogen functional groups attached to an aromatic ring is 1. The largest absolute Gasteiger partial charge is 0.399 e. The van der Waals surface area contributed by atoms with Gasteiger partial charge in [0.15, 0.2) is 0 Å². The van der Waals surface area contributed by atoms with E-state index in [1.165, 1.54) is 18.5 Å². The van der Waals surface area contributed by atoms with Crippen molar-refractivity contribution in [1.82, 2.24) is 4.90 Å². The van der Waals surface area contributed by atoms with Crippen LogP contribution in [0.25, 0.3) is 0 Å². The molecule has 2 rings (SSSR count). The van der Waals surface area contributed by atoms with E-state index < -0.39 is 0 Å². The molecule has 1 aromatic carbocycles. The van der Waals surface area contributed by atoms with Crippen LogP contribution in [0, 0.1) is 5.41 Å². The van der Waals surface area contributed by atoms with Crippen LogP contribution in [0.2, 0.25) is 5.02 Å². The van der Waals surface area contributed by atoms with Crippen LogP contribution < -0.4 is 5.73 Å². The number of nitrogens with two attached hydrogens (primary N) is 1. The van der Waals surface area contributed by atoms with E-state index in [-0.39, 0.29) is 0 Å². The molecular formula is C13H19ClN2. The molecule has 0 amide bonds. The molecule has 0 spiro atoms. The average molecular weight is 239 g/mol. The van der Waals surface area contributed by atoms with Crippen molar-refractivity contribution >= 4 is 17.3 Å². The number of rotatable bonds is 2. The minimum Gasteiger partial charge on any atom is -0.399 e. The topological polar surface area (TPSA) is 29.3 Å². The van der Waals surface area contributed by atoms with Gasteiger partial charge in [0, 0.05) is 23.8 Å². The fourth-order valence-corrected chi connectivity index (χ4v) is 2.65. The third kappa shape index (κ3) is 2.89. The normalized spacial score (nSPS) is 20.2. The molecule has 2 N–H and O–H groups in total. The number of hydrogen-bond acceptors (Lipinski definition) is 2. The Balaban J connectivity index is 2.05. The second-order valence-electron chi connectivity index (χ2n) is 5.52. The summed E-state index contributed by atoms with van der Waals surface area (Å²) < 4.78 is 0. The maximum Gasteiger partial charge on any atom is 0.0429 e. The molecule has 0 aliphatic carbocycles. The summed E-state index contributed by atoms with van der Waals surface area (Å²) in [5, 5.41) is 0.730. The van der Waals surface area contributed by atoms with Crippen molar-refractivity contribution in [2.75, 3.05) is 18.8 Å². The first-order chi connectivity index (χ1) is 7.44. The molecule has 16 heavy (non-hydrogen) atoms. The number of nitrogens with zero attached hydrogens (tertiary/aromatic N) is 1. The molecule has 1 heterocycles. The second-order valence-corrected chi connectivity index (χ2v) is 5.95. The summed E-state index contributed by atoms with van der Waals surface area (Å²) in [5.41, 5.74) is 8.19. The second kappa shape index (κ2) is 4.27. The van der Waals surface area contributed by atoms with Crippen molar-refractivity contribution < 1.29 is 0 Å². The Hall–Kier alpha value is -0.730. The number of benzene rings is 1. The third-order valence-corrected chi connectivity index (χ3v) is 3.36. The molecule has 1 fully saturated rings. The zero-order chi connectivity index (χ0) is 11.8. The molecule has 0 radical (unpaired) electrons. The molecule has 2 nitrogen and oxygen atoms in total. The first-order valence-corrected chi connectivity index (χ1v) is 6.10. The number of anilines is 1. The standard InChI is InChI=1S/C13H19ClN2/c1-13(2)3-4-16(9-13)8-10-5-11(14)7-12(15)6-10/h5-7H,3-4,8-9,15H2,1-2H3. The highest BCUT2D eigenvalue weighted by Gasteiger charge is 2.28. The van der Waals surface area contributed by atoms with Crippen LogP contribution in [0.1, 0.15) is 25.8 Å². The lowest BCUT2D eigenvalue weighted by Crippen LogP contribution is -2.22. The van der Waals surface area contributed by atoms with E-state index in [4.69, 9.17) is 17.3 Å². The van der Waals surface area contributed by atoms with Gasteiger partial charge >= 0.3 is 0 Å². The first kappa shape index (κ1) is 11.7. The van der Waals surface area contributed by atoms with Crippen LogP contribution >= 0.6 is 11.6 Å². The molecule has 0 bridgehead atoms. The van der Waals surface area contributed by atoms with E-state index in [2.05, 4.69) is 18.7 Å². The Kier molecular flexibility index (Phi) is 3.13. The number of halogens is 1. The maximum atomic E-state index is 5.99. The highest BCUT2D eigenvalue weighted by Crippen LogP contribution is 2.30. The predicted octanol–water partition coefficient (Wildman–Crippen LogP) is 3.15. The number of hydrogen-bond donors (Lipinski definition) is 1. The van der Waals surface area contributed by atoms with E-state index in [0.29, 0.717) is 5.41 Å². The number of likely N-dealkylation sites (tertiary alicyclic amines) is 1. The predicted molar refractivity (Wildman–Crippen MR) is 69.5 cm³/mol. The van der Waals surface area contributed by atoms with Crippen molar-refractivity contribution in [2.45, 2.75) is 26.8 Å². The van der Waals surface area contributed by atoms with E-state index in [9.17, 15) is 0 Å². The van der Waals surface area contributed by atoms with Gasteiger partial charge in [0.1, 0.15) is 0 Å². The smallest absolute Gasteiger partial charge is 0.0429 e. The molecule has 3 heteroatoms. The molecule has 1 aliphatic heterocycles. The Morgan fingerprint density at radius 3 is 2.69 bits per heavy atom. The zero-order valence-corrected chi connectivity index (χ0v) is 10.7. The monoisotopic (exact) mass is 238 g/mol. The Labute approximate surface area is 102 Å². The Bertz CT molecular complexity index is 367. The lowest BCUT2D eigenvalue weighted by atomic mass is 9.93. The molecule has 1 aromatic rings. The van der Waals surface area contributed by atoms with E-state index in [1.807, 2.05) is 12.1 Å². The molecule has 0 saturated carbocycles. The Morgan fingerprint density at radius 2 is 2.12 bits per heavy atom. The SMILES string of the molecule is CC1(C)CCN(Cc2cc(N)cc(Cl)c2)C1. The lowest BCUT2D eigenvalue weighted by molar-refractivity contribution is 0.284. The van der Waals surface area contributed by atoms with Crippen LogP contribution in [0.15, 0.2) is 18.2 Å². The quantitative estimate of drug-likeness (QED) is 0.802. The molecule has 88 valence electrons. The summed E-state index contributed by atoms with van der Waals surface area (Å²) in [6.07, 6.45) is 1.27. The van der Waals surface area contributed by atoms with Crippen LogP contribution in [-0.4, -0.2) is 18.0 Å². The van der Waals surface area contributed by atoms with Gasteiger partial charge in [-0.15, -0.1) is 0 Å². The van der Waals surface area contributed by atoms with Gasteiger partial charge in [-0.3, -0.25) is 4.90 Å². The van der Waals surface area contributed by atoms with Gasteiger partial charge < -0.3 is 5.73 Å². The van der Waals surface area contributed by atoms with Crippen molar-refractivity contribution in [3.05, 3.63) is 28.8 Å². The van der Waals surface area contributed by atoms with E-state index in [1.54, 1.807) is 6.07 Å². The summed E-state index contributed by atoms with van der Waals surface area (Å²) in [6.45, 7) is 7.91. The van der Waals surface area contributed by atoms with Crippen LogP contribution in [-0.2, 0) is 6.54 Å². The third-order valence-electron chi connectivity index (χ3n) is 3.14. The molecule has 1 aliphatic rings. The molecular weight excluding hydrogens is 220 g/mol. The van der Waals surface area contributed by atoms with Crippen molar-refractivity contribution in [3.63, 3.8) is 0 Å². The highest BCUT2D eigenvalue weighted by molar-refractivity contribution is 6.30. The lowest BCUT2D eigenvalue weighted by Gasteiger charge is -2.19. The van der Waals surface area contributed by atoms with Gasteiger partial charge in [-0.1, -0.05) is 25.4 Å². The summed E-state index contributed by atoms with van der Waals surface area (Å²) in [4.78, 5) is 2.46. The van der Waals surface area contributed by atoms with Crippen LogP contribution in [0.4, 0.5) is 5.69 Å².